The Bertz CT molecular complexity index is 246. The van der Waals surface area contributed by atoms with Crippen molar-refractivity contribution in [3.05, 3.63) is 0 Å². The van der Waals surface area contributed by atoms with Crippen molar-refractivity contribution in [3.63, 3.8) is 0 Å². The lowest BCUT2D eigenvalue weighted by molar-refractivity contribution is -0.0564. The molecule has 0 aromatic heterocycles. The van der Waals surface area contributed by atoms with Gasteiger partial charge < -0.3 is 9.47 Å². The first-order valence-electron chi connectivity index (χ1n) is 8.46. The summed E-state index contributed by atoms with van der Waals surface area (Å²) in [6, 6.07) is 0. The first-order chi connectivity index (χ1) is 9.15. The fourth-order valence-electron chi connectivity index (χ4n) is 3.81. The molecular formula is C17H32O2. The van der Waals surface area contributed by atoms with Gasteiger partial charge in [-0.3, -0.25) is 0 Å². The number of hydrogen-bond acceptors (Lipinski definition) is 2. The predicted molar refractivity (Wildman–Crippen MR) is 79.4 cm³/mol. The van der Waals surface area contributed by atoms with E-state index in [1.54, 1.807) is 0 Å². The summed E-state index contributed by atoms with van der Waals surface area (Å²) < 4.78 is 12.3. The summed E-state index contributed by atoms with van der Waals surface area (Å²) in [5.74, 6) is 0.723. The lowest BCUT2D eigenvalue weighted by Crippen LogP contribution is -2.28. The van der Waals surface area contributed by atoms with Gasteiger partial charge in [0.25, 0.3) is 0 Å². The Hall–Kier alpha value is -0.0800. The molecule has 0 spiro atoms. The van der Waals surface area contributed by atoms with Gasteiger partial charge in [-0.25, -0.2) is 0 Å². The highest BCUT2D eigenvalue weighted by Crippen LogP contribution is 2.33. The van der Waals surface area contributed by atoms with E-state index < -0.39 is 0 Å². The highest BCUT2D eigenvalue weighted by atomic mass is 16.5. The number of ether oxygens (including phenoxy) is 2. The minimum atomic E-state index is 0.361. The summed E-state index contributed by atoms with van der Waals surface area (Å²) >= 11 is 0. The van der Waals surface area contributed by atoms with Crippen LogP contribution in [0.3, 0.4) is 0 Å². The monoisotopic (exact) mass is 268 g/mol. The Balaban J connectivity index is 1.72. The fourth-order valence-corrected chi connectivity index (χ4v) is 3.81. The molecule has 0 bridgehead atoms. The zero-order valence-electron chi connectivity index (χ0n) is 13.1. The largest absolute Gasteiger partial charge is 0.375 e. The van der Waals surface area contributed by atoms with Crippen LogP contribution in [0.1, 0.15) is 78.6 Å². The van der Waals surface area contributed by atoms with E-state index in [2.05, 4.69) is 20.8 Å². The van der Waals surface area contributed by atoms with Gasteiger partial charge in [0.05, 0.1) is 24.4 Å². The van der Waals surface area contributed by atoms with E-state index in [-0.39, 0.29) is 0 Å². The van der Waals surface area contributed by atoms with Crippen LogP contribution in [-0.2, 0) is 9.47 Å². The van der Waals surface area contributed by atoms with Crippen LogP contribution in [0.15, 0.2) is 0 Å². The van der Waals surface area contributed by atoms with Gasteiger partial charge in [0.15, 0.2) is 0 Å². The van der Waals surface area contributed by atoms with Crippen molar-refractivity contribution < 1.29 is 9.47 Å². The van der Waals surface area contributed by atoms with E-state index in [0.717, 1.165) is 5.92 Å². The van der Waals surface area contributed by atoms with Gasteiger partial charge in [-0.2, -0.15) is 0 Å². The van der Waals surface area contributed by atoms with E-state index in [0.29, 0.717) is 24.4 Å². The molecule has 2 nitrogen and oxygen atoms in total. The first kappa shape index (κ1) is 15.3. The Morgan fingerprint density at radius 1 is 0.842 bits per heavy atom. The summed E-state index contributed by atoms with van der Waals surface area (Å²) in [6.45, 7) is 6.56. The molecule has 0 aromatic carbocycles. The second-order valence-electron chi connectivity index (χ2n) is 6.86. The zero-order chi connectivity index (χ0) is 13.7. The zero-order valence-corrected chi connectivity index (χ0v) is 13.1. The molecule has 112 valence electrons. The van der Waals surface area contributed by atoms with Crippen molar-refractivity contribution in [2.24, 2.45) is 5.92 Å². The van der Waals surface area contributed by atoms with Crippen molar-refractivity contribution >= 4 is 0 Å². The predicted octanol–water partition coefficient (Wildman–Crippen LogP) is 4.71. The molecule has 3 unspecified atom stereocenters. The Labute approximate surface area is 119 Å². The molecule has 0 amide bonds. The maximum absolute atomic E-state index is 6.25. The van der Waals surface area contributed by atoms with E-state index in [1.807, 2.05) is 0 Å². The Kier molecular flexibility index (Phi) is 6.15. The molecule has 3 atom stereocenters. The lowest BCUT2D eigenvalue weighted by atomic mass is 9.96. The van der Waals surface area contributed by atoms with Crippen LogP contribution in [0.25, 0.3) is 0 Å². The van der Waals surface area contributed by atoms with Crippen LogP contribution >= 0.6 is 0 Å². The highest BCUT2D eigenvalue weighted by molar-refractivity contribution is 4.81. The molecule has 0 saturated heterocycles. The average molecular weight is 268 g/mol. The Morgan fingerprint density at radius 2 is 1.58 bits per heavy atom. The van der Waals surface area contributed by atoms with Gasteiger partial charge in [0, 0.05) is 0 Å². The lowest BCUT2D eigenvalue weighted by Gasteiger charge is -2.29. The number of rotatable bonds is 6. The van der Waals surface area contributed by atoms with E-state index >= 15 is 0 Å². The van der Waals surface area contributed by atoms with Gasteiger partial charge in [0.2, 0.25) is 0 Å². The molecule has 2 aliphatic rings. The van der Waals surface area contributed by atoms with Crippen molar-refractivity contribution in [2.75, 3.05) is 0 Å². The molecule has 2 rings (SSSR count). The highest BCUT2D eigenvalue weighted by Gasteiger charge is 2.30. The minimum absolute atomic E-state index is 0.361. The standard InChI is InChI=1S/C17H32O2/c1-13(2)18-17-11-7-8-15(17)12-14(3)19-16-9-5-4-6-10-16/h13-17H,4-12H2,1-3H3. The van der Waals surface area contributed by atoms with Crippen LogP contribution in [-0.4, -0.2) is 24.4 Å². The summed E-state index contributed by atoms with van der Waals surface area (Å²) in [4.78, 5) is 0. The smallest absolute Gasteiger partial charge is 0.0607 e. The van der Waals surface area contributed by atoms with Crippen molar-refractivity contribution in [3.8, 4) is 0 Å². The van der Waals surface area contributed by atoms with Gasteiger partial charge >= 0.3 is 0 Å². The summed E-state index contributed by atoms with van der Waals surface area (Å²) in [7, 11) is 0. The van der Waals surface area contributed by atoms with Crippen LogP contribution in [0.4, 0.5) is 0 Å². The third kappa shape index (κ3) is 5.07. The molecule has 0 radical (unpaired) electrons. The van der Waals surface area contributed by atoms with Crippen LogP contribution < -0.4 is 0 Å². The van der Waals surface area contributed by atoms with Crippen LogP contribution in [0.5, 0.6) is 0 Å². The summed E-state index contributed by atoms with van der Waals surface area (Å²) in [5.41, 5.74) is 0. The molecule has 19 heavy (non-hydrogen) atoms. The maximum Gasteiger partial charge on any atom is 0.0607 e. The number of hydrogen-bond donors (Lipinski definition) is 0. The quantitative estimate of drug-likeness (QED) is 0.694. The molecule has 2 saturated carbocycles. The topological polar surface area (TPSA) is 18.5 Å². The SMILES string of the molecule is CC(C)OC1CCCC1CC(C)OC1CCCCC1. The van der Waals surface area contributed by atoms with Crippen LogP contribution in [0, 0.1) is 5.92 Å². The van der Waals surface area contributed by atoms with Gasteiger partial charge in [-0.05, 0) is 58.8 Å². The van der Waals surface area contributed by atoms with Gasteiger partial charge in [-0.1, -0.05) is 25.7 Å². The molecule has 0 aliphatic heterocycles. The van der Waals surface area contributed by atoms with Crippen LogP contribution in [0.2, 0.25) is 0 Å². The van der Waals surface area contributed by atoms with E-state index in [9.17, 15) is 0 Å². The minimum Gasteiger partial charge on any atom is -0.375 e. The summed E-state index contributed by atoms with van der Waals surface area (Å²) in [5, 5.41) is 0. The normalized spacial score (nSPS) is 30.9. The molecule has 2 fully saturated rings. The van der Waals surface area contributed by atoms with Crippen molar-refractivity contribution in [1.29, 1.82) is 0 Å². The summed E-state index contributed by atoms with van der Waals surface area (Å²) in [6.07, 6.45) is 13.6. The second kappa shape index (κ2) is 7.64. The van der Waals surface area contributed by atoms with E-state index in [1.165, 1.54) is 57.8 Å². The van der Waals surface area contributed by atoms with E-state index in [4.69, 9.17) is 9.47 Å². The molecule has 0 heterocycles. The van der Waals surface area contributed by atoms with Crippen molar-refractivity contribution in [1.82, 2.24) is 0 Å². The molecule has 0 aromatic rings. The molecule has 0 N–H and O–H groups in total. The molecule has 2 aliphatic carbocycles. The van der Waals surface area contributed by atoms with Gasteiger partial charge in [-0.15, -0.1) is 0 Å². The third-order valence-electron chi connectivity index (χ3n) is 4.65. The second-order valence-corrected chi connectivity index (χ2v) is 6.86. The maximum atomic E-state index is 6.25. The molecule has 2 heteroatoms. The molecular weight excluding hydrogens is 236 g/mol. The first-order valence-corrected chi connectivity index (χ1v) is 8.46. The fraction of sp³-hybridized carbons (Fsp3) is 1.00. The van der Waals surface area contributed by atoms with Gasteiger partial charge in [0.1, 0.15) is 0 Å². The van der Waals surface area contributed by atoms with Crippen molar-refractivity contribution in [2.45, 2.75) is 103 Å². The Morgan fingerprint density at radius 3 is 2.26 bits per heavy atom. The third-order valence-corrected chi connectivity index (χ3v) is 4.65. The average Bonchev–Trinajstić information content (AvgIpc) is 2.77.